The lowest BCUT2D eigenvalue weighted by Gasteiger charge is -2.22. The molecule has 0 unspecified atom stereocenters. The van der Waals surface area contributed by atoms with Gasteiger partial charge in [-0.1, -0.05) is 153 Å². The van der Waals surface area contributed by atoms with Crippen molar-refractivity contribution in [3.05, 3.63) is 181 Å². The fourth-order valence-electron chi connectivity index (χ4n) is 8.54. The van der Waals surface area contributed by atoms with E-state index in [4.69, 9.17) is 0 Å². The molecule has 10 rings (SSSR count). The van der Waals surface area contributed by atoms with Gasteiger partial charge in [0.2, 0.25) is 0 Å². The van der Waals surface area contributed by atoms with Crippen LogP contribution in [0.5, 0.6) is 0 Å². The first-order valence-corrected chi connectivity index (χ1v) is 17.3. The summed E-state index contributed by atoms with van der Waals surface area (Å²) in [4.78, 5) is 0. The standard InChI is InChI=1S/C49H34/c1-49(2)45-30-37(24-25-39(45)44-28-32-14-6-7-15-33(32)29-46(44)49)35-20-21-36-27-38(23-22-34(36)26-35)48-42-18-10-8-16-40(42)47(31-12-4-3-5-13-31)41-17-9-11-19-43(41)48/h3-30H,1-2H3. The van der Waals surface area contributed by atoms with Crippen molar-refractivity contribution in [2.24, 2.45) is 0 Å². The molecule has 1 aliphatic rings. The van der Waals surface area contributed by atoms with Gasteiger partial charge in [-0.25, -0.2) is 0 Å². The molecule has 0 nitrogen and oxygen atoms in total. The molecule has 0 fully saturated rings. The van der Waals surface area contributed by atoms with E-state index in [2.05, 4.69) is 184 Å². The number of rotatable bonds is 3. The highest BCUT2D eigenvalue weighted by molar-refractivity contribution is 6.21. The van der Waals surface area contributed by atoms with Gasteiger partial charge in [-0.3, -0.25) is 0 Å². The number of fused-ring (bicyclic) bond motifs is 7. The zero-order chi connectivity index (χ0) is 32.7. The average Bonchev–Trinajstić information content (AvgIpc) is 3.37. The first-order chi connectivity index (χ1) is 24.0. The largest absolute Gasteiger partial charge is 0.0622 e. The van der Waals surface area contributed by atoms with E-state index in [1.807, 2.05) is 0 Å². The van der Waals surface area contributed by atoms with Crippen LogP contribution in [-0.2, 0) is 5.41 Å². The topological polar surface area (TPSA) is 0 Å². The lowest BCUT2D eigenvalue weighted by Crippen LogP contribution is -2.15. The molecule has 49 heavy (non-hydrogen) atoms. The summed E-state index contributed by atoms with van der Waals surface area (Å²) in [5.41, 5.74) is 13.1. The normalized spacial score (nSPS) is 13.3. The van der Waals surface area contributed by atoms with Crippen LogP contribution in [-0.4, -0.2) is 0 Å². The summed E-state index contributed by atoms with van der Waals surface area (Å²) in [6.07, 6.45) is 0. The maximum Gasteiger partial charge on any atom is 0.0159 e. The molecule has 0 heterocycles. The molecule has 9 aromatic rings. The van der Waals surface area contributed by atoms with Crippen LogP contribution in [0.4, 0.5) is 0 Å². The van der Waals surface area contributed by atoms with Crippen LogP contribution in [0.2, 0.25) is 0 Å². The molecule has 0 atom stereocenters. The van der Waals surface area contributed by atoms with Crippen molar-refractivity contribution < 1.29 is 0 Å². The lowest BCUT2D eigenvalue weighted by atomic mass is 9.81. The van der Waals surface area contributed by atoms with Crippen molar-refractivity contribution >= 4 is 43.1 Å². The van der Waals surface area contributed by atoms with Crippen LogP contribution >= 0.6 is 0 Å². The SMILES string of the molecule is CC1(C)c2cc(-c3ccc4cc(-c5c6ccccc6c(-c6ccccc6)c6ccccc56)ccc4c3)ccc2-c2cc3ccccc3cc21. The molecule has 0 bridgehead atoms. The molecule has 0 saturated heterocycles. The van der Waals surface area contributed by atoms with E-state index in [0.717, 1.165) is 0 Å². The molecule has 0 spiro atoms. The highest BCUT2D eigenvalue weighted by atomic mass is 14.4. The highest BCUT2D eigenvalue weighted by Crippen LogP contribution is 2.51. The Hall–Kier alpha value is -5.98. The van der Waals surface area contributed by atoms with Gasteiger partial charge < -0.3 is 0 Å². The first-order valence-electron chi connectivity index (χ1n) is 17.3. The van der Waals surface area contributed by atoms with Crippen LogP contribution in [0.1, 0.15) is 25.0 Å². The van der Waals surface area contributed by atoms with Gasteiger partial charge in [-0.2, -0.15) is 0 Å². The number of hydrogen-bond acceptors (Lipinski definition) is 0. The van der Waals surface area contributed by atoms with Gasteiger partial charge in [0.15, 0.2) is 0 Å². The van der Waals surface area contributed by atoms with E-state index < -0.39 is 0 Å². The second kappa shape index (κ2) is 10.5. The lowest BCUT2D eigenvalue weighted by molar-refractivity contribution is 0.661. The highest BCUT2D eigenvalue weighted by Gasteiger charge is 2.36. The zero-order valence-corrected chi connectivity index (χ0v) is 27.7. The fourth-order valence-corrected chi connectivity index (χ4v) is 8.54. The molecule has 0 aromatic heterocycles. The Bertz CT molecular complexity index is 2720. The third kappa shape index (κ3) is 4.24. The Morgan fingerprint density at radius 3 is 1.41 bits per heavy atom. The van der Waals surface area contributed by atoms with Gasteiger partial charge >= 0.3 is 0 Å². The summed E-state index contributed by atoms with van der Waals surface area (Å²) in [6.45, 7) is 4.75. The van der Waals surface area contributed by atoms with Crippen LogP contribution < -0.4 is 0 Å². The minimum Gasteiger partial charge on any atom is -0.0622 e. The Balaban J connectivity index is 1.09. The van der Waals surface area contributed by atoms with Gasteiger partial charge in [0.25, 0.3) is 0 Å². The van der Waals surface area contributed by atoms with E-state index in [1.165, 1.54) is 98.7 Å². The van der Waals surface area contributed by atoms with Gasteiger partial charge in [-0.15, -0.1) is 0 Å². The Morgan fingerprint density at radius 1 is 0.306 bits per heavy atom. The molecule has 0 amide bonds. The van der Waals surface area contributed by atoms with E-state index in [1.54, 1.807) is 0 Å². The quantitative estimate of drug-likeness (QED) is 0.172. The van der Waals surface area contributed by atoms with E-state index >= 15 is 0 Å². The maximum atomic E-state index is 2.43. The van der Waals surface area contributed by atoms with Crippen LogP contribution in [0.3, 0.4) is 0 Å². The maximum absolute atomic E-state index is 2.43. The van der Waals surface area contributed by atoms with Crippen LogP contribution in [0, 0.1) is 0 Å². The fraction of sp³-hybridized carbons (Fsp3) is 0.0612. The van der Waals surface area contributed by atoms with E-state index in [-0.39, 0.29) is 5.41 Å². The molecular formula is C49H34. The third-order valence-electron chi connectivity index (χ3n) is 11.0. The summed E-state index contributed by atoms with van der Waals surface area (Å²) in [6, 6.07) is 63.1. The van der Waals surface area contributed by atoms with Crippen molar-refractivity contribution in [2.75, 3.05) is 0 Å². The molecule has 230 valence electrons. The predicted molar refractivity (Wildman–Crippen MR) is 210 cm³/mol. The summed E-state index contributed by atoms with van der Waals surface area (Å²) in [7, 11) is 0. The number of benzene rings is 9. The van der Waals surface area contributed by atoms with Crippen molar-refractivity contribution in [2.45, 2.75) is 19.3 Å². The minimum absolute atomic E-state index is 0.0575. The van der Waals surface area contributed by atoms with Crippen LogP contribution in [0.15, 0.2) is 170 Å². The molecule has 0 aliphatic heterocycles. The summed E-state index contributed by atoms with van der Waals surface area (Å²) in [5.74, 6) is 0. The smallest absolute Gasteiger partial charge is 0.0159 e. The Labute approximate surface area is 286 Å². The molecule has 9 aromatic carbocycles. The monoisotopic (exact) mass is 622 g/mol. The van der Waals surface area contributed by atoms with Gasteiger partial charge in [0.1, 0.15) is 0 Å². The zero-order valence-electron chi connectivity index (χ0n) is 27.7. The number of hydrogen-bond donors (Lipinski definition) is 0. The van der Waals surface area contributed by atoms with Crippen molar-refractivity contribution in [3.63, 3.8) is 0 Å². The van der Waals surface area contributed by atoms with Crippen molar-refractivity contribution in [1.82, 2.24) is 0 Å². The summed E-state index contributed by atoms with van der Waals surface area (Å²) in [5, 5.41) is 10.3. The molecule has 0 radical (unpaired) electrons. The van der Waals surface area contributed by atoms with E-state index in [9.17, 15) is 0 Å². The summed E-state index contributed by atoms with van der Waals surface area (Å²) >= 11 is 0. The molecular weight excluding hydrogens is 589 g/mol. The molecule has 0 saturated carbocycles. The first kappa shape index (κ1) is 28.1. The third-order valence-corrected chi connectivity index (χ3v) is 11.0. The van der Waals surface area contributed by atoms with Gasteiger partial charge in [0, 0.05) is 5.41 Å². The van der Waals surface area contributed by atoms with E-state index in [0.29, 0.717) is 0 Å². The molecule has 1 aliphatic carbocycles. The Kier molecular flexibility index (Phi) is 6.02. The second-order valence-corrected chi connectivity index (χ2v) is 14.1. The van der Waals surface area contributed by atoms with Gasteiger partial charge in [-0.05, 0) is 129 Å². The van der Waals surface area contributed by atoms with Gasteiger partial charge in [0.05, 0.1) is 0 Å². The average molecular weight is 623 g/mol. The Morgan fingerprint density at radius 2 is 0.755 bits per heavy atom. The summed E-state index contributed by atoms with van der Waals surface area (Å²) < 4.78 is 0. The van der Waals surface area contributed by atoms with Crippen molar-refractivity contribution in [1.29, 1.82) is 0 Å². The molecule has 0 heteroatoms. The molecule has 0 N–H and O–H groups in total. The predicted octanol–water partition coefficient (Wildman–Crippen LogP) is 13.6. The minimum atomic E-state index is -0.0575. The van der Waals surface area contributed by atoms with Crippen LogP contribution in [0.25, 0.3) is 87.6 Å². The second-order valence-electron chi connectivity index (χ2n) is 14.1. The van der Waals surface area contributed by atoms with Crippen molar-refractivity contribution in [3.8, 4) is 44.5 Å².